The number of carbonyl (C=O) groups excluding carboxylic acids is 1. The number of nitrogens with two attached hydrogens (primary N) is 1. The molecule has 2 aromatic rings. The van der Waals surface area contributed by atoms with Gasteiger partial charge in [0.2, 0.25) is 10.0 Å². The highest BCUT2D eigenvalue weighted by Gasteiger charge is 2.16. The lowest BCUT2D eigenvalue weighted by Crippen LogP contribution is -2.26. The fourth-order valence-corrected chi connectivity index (χ4v) is 2.74. The molecule has 2 aromatic carbocycles. The first-order valence-corrected chi connectivity index (χ1v) is 8.47. The molecule has 0 heterocycles. The van der Waals surface area contributed by atoms with Crippen LogP contribution < -0.4 is 9.88 Å². The van der Waals surface area contributed by atoms with Gasteiger partial charge in [0, 0.05) is 19.2 Å². The molecule has 0 radical (unpaired) electrons. The van der Waals surface area contributed by atoms with E-state index in [1.54, 1.807) is 6.07 Å². The minimum absolute atomic E-state index is 0.119. The molecule has 0 atom stereocenters. The molecule has 0 aliphatic rings. The van der Waals surface area contributed by atoms with E-state index in [1.165, 1.54) is 55.5 Å². The summed E-state index contributed by atoms with van der Waals surface area (Å²) in [6, 6.07) is 9.85. The zero-order chi connectivity index (χ0) is 17.9. The van der Waals surface area contributed by atoms with Crippen LogP contribution in [0.4, 0.5) is 4.39 Å². The van der Waals surface area contributed by atoms with Gasteiger partial charge in [0.25, 0.3) is 5.91 Å². The second kappa shape index (κ2) is 6.98. The summed E-state index contributed by atoms with van der Waals surface area (Å²) in [6.07, 6.45) is 0. The molecule has 0 spiro atoms. The Labute approximate surface area is 139 Å². The van der Waals surface area contributed by atoms with Gasteiger partial charge in [-0.2, -0.15) is 0 Å². The molecule has 1 amide bonds. The Morgan fingerprint density at radius 1 is 1.25 bits per heavy atom. The topological polar surface area (TPSA) is 89.7 Å². The van der Waals surface area contributed by atoms with Gasteiger partial charge in [-0.15, -0.1) is 0 Å². The van der Waals surface area contributed by atoms with E-state index in [-0.39, 0.29) is 22.8 Å². The Bertz CT molecular complexity index is 868. The Kier molecular flexibility index (Phi) is 5.20. The van der Waals surface area contributed by atoms with Gasteiger partial charge in [0.15, 0.2) is 11.6 Å². The fraction of sp³-hybridized carbons (Fsp3) is 0.188. The van der Waals surface area contributed by atoms with E-state index in [1.807, 2.05) is 0 Å². The molecule has 0 saturated carbocycles. The van der Waals surface area contributed by atoms with Crippen LogP contribution in [0.25, 0.3) is 0 Å². The molecular formula is C16H17FN2O4S. The lowest BCUT2D eigenvalue weighted by Gasteiger charge is -2.18. The van der Waals surface area contributed by atoms with Crippen molar-refractivity contribution >= 4 is 15.9 Å². The first kappa shape index (κ1) is 17.9. The fourth-order valence-electron chi connectivity index (χ4n) is 2.18. The number of nitrogens with zero attached hydrogens (tertiary/aromatic N) is 1. The van der Waals surface area contributed by atoms with E-state index < -0.39 is 21.7 Å². The predicted octanol–water partition coefficient (Wildman–Crippen LogP) is 1.75. The van der Waals surface area contributed by atoms with Crippen molar-refractivity contribution in [2.45, 2.75) is 11.4 Å². The molecular weight excluding hydrogens is 335 g/mol. The summed E-state index contributed by atoms with van der Waals surface area (Å²) < 4.78 is 41.3. The van der Waals surface area contributed by atoms with Crippen molar-refractivity contribution in [3.05, 3.63) is 59.4 Å². The first-order valence-electron chi connectivity index (χ1n) is 6.93. The van der Waals surface area contributed by atoms with Crippen molar-refractivity contribution < 1.29 is 22.3 Å². The number of benzene rings is 2. The Morgan fingerprint density at radius 3 is 2.54 bits per heavy atom. The molecule has 6 nitrogen and oxygen atoms in total. The second-order valence-electron chi connectivity index (χ2n) is 5.20. The SMILES string of the molecule is COc1ccc(CN(C)C(=O)c2cccc(S(N)(=O)=O)c2)cc1F. The number of hydrogen-bond donors (Lipinski definition) is 1. The third kappa shape index (κ3) is 4.09. The van der Waals surface area contributed by atoms with Crippen LogP contribution in [0.5, 0.6) is 5.75 Å². The van der Waals surface area contributed by atoms with Gasteiger partial charge in [0.1, 0.15) is 0 Å². The summed E-state index contributed by atoms with van der Waals surface area (Å²) in [5, 5.41) is 5.06. The number of primary sulfonamides is 1. The zero-order valence-electron chi connectivity index (χ0n) is 13.2. The van der Waals surface area contributed by atoms with Crippen molar-refractivity contribution in [3.63, 3.8) is 0 Å². The maximum absolute atomic E-state index is 13.7. The van der Waals surface area contributed by atoms with E-state index >= 15 is 0 Å². The van der Waals surface area contributed by atoms with E-state index in [0.29, 0.717) is 5.56 Å². The van der Waals surface area contributed by atoms with Crippen LogP contribution in [0.2, 0.25) is 0 Å². The molecule has 8 heteroatoms. The van der Waals surface area contributed by atoms with Crippen molar-refractivity contribution in [1.29, 1.82) is 0 Å². The van der Waals surface area contributed by atoms with E-state index in [9.17, 15) is 17.6 Å². The third-order valence-electron chi connectivity index (χ3n) is 3.39. The molecule has 24 heavy (non-hydrogen) atoms. The van der Waals surface area contributed by atoms with Crippen LogP contribution in [0, 0.1) is 5.82 Å². The van der Waals surface area contributed by atoms with Gasteiger partial charge in [0.05, 0.1) is 12.0 Å². The van der Waals surface area contributed by atoms with Gasteiger partial charge in [-0.1, -0.05) is 12.1 Å². The van der Waals surface area contributed by atoms with Crippen LogP contribution in [0.1, 0.15) is 15.9 Å². The van der Waals surface area contributed by atoms with Crippen LogP contribution in [-0.2, 0) is 16.6 Å². The summed E-state index contributed by atoms with van der Waals surface area (Å²) in [7, 11) is -0.988. The molecule has 128 valence electrons. The molecule has 0 fully saturated rings. The van der Waals surface area contributed by atoms with Crippen LogP contribution in [-0.4, -0.2) is 33.4 Å². The van der Waals surface area contributed by atoms with Gasteiger partial charge >= 0.3 is 0 Å². The maximum Gasteiger partial charge on any atom is 0.253 e. The molecule has 0 bridgehead atoms. The maximum atomic E-state index is 13.7. The zero-order valence-corrected chi connectivity index (χ0v) is 14.0. The van der Waals surface area contributed by atoms with Gasteiger partial charge < -0.3 is 9.64 Å². The standard InChI is InChI=1S/C16H17FN2O4S/c1-19(10-11-6-7-15(23-2)14(17)8-11)16(20)12-4-3-5-13(9-12)24(18,21)22/h3-9H,10H2,1-2H3,(H2,18,21,22). The number of ether oxygens (including phenoxy) is 1. The van der Waals surface area contributed by atoms with E-state index in [4.69, 9.17) is 9.88 Å². The Morgan fingerprint density at radius 2 is 1.96 bits per heavy atom. The molecule has 2 N–H and O–H groups in total. The number of amides is 1. The summed E-state index contributed by atoms with van der Waals surface area (Å²) in [5.41, 5.74) is 0.754. The van der Waals surface area contributed by atoms with Gasteiger partial charge in [-0.3, -0.25) is 4.79 Å². The quantitative estimate of drug-likeness (QED) is 0.888. The molecule has 0 aliphatic heterocycles. The summed E-state index contributed by atoms with van der Waals surface area (Å²) in [5.74, 6) is -0.808. The molecule has 2 rings (SSSR count). The van der Waals surface area contributed by atoms with E-state index in [0.717, 1.165) is 0 Å². The summed E-state index contributed by atoms with van der Waals surface area (Å²) in [4.78, 5) is 13.6. The smallest absolute Gasteiger partial charge is 0.253 e. The molecule has 0 aliphatic carbocycles. The predicted molar refractivity (Wildman–Crippen MR) is 86.6 cm³/mol. The first-order chi connectivity index (χ1) is 11.2. The monoisotopic (exact) mass is 352 g/mol. The average molecular weight is 352 g/mol. The van der Waals surface area contributed by atoms with Gasteiger partial charge in [-0.05, 0) is 35.9 Å². The minimum Gasteiger partial charge on any atom is -0.494 e. The lowest BCUT2D eigenvalue weighted by atomic mass is 10.1. The number of rotatable bonds is 5. The molecule has 0 aromatic heterocycles. The number of carbonyl (C=O) groups is 1. The summed E-state index contributed by atoms with van der Waals surface area (Å²) >= 11 is 0. The normalized spacial score (nSPS) is 11.2. The van der Waals surface area contributed by atoms with Crippen molar-refractivity contribution in [2.75, 3.05) is 14.2 Å². The van der Waals surface area contributed by atoms with Crippen molar-refractivity contribution in [2.24, 2.45) is 5.14 Å². The van der Waals surface area contributed by atoms with Gasteiger partial charge in [-0.25, -0.2) is 17.9 Å². The number of methoxy groups -OCH3 is 1. The minimum atomic E-state index is -3.89. The van der Waals surface area contributed by atoms with Crippen molar-refractivity contribution in [3.8, 4) is 5.75 Å². The van der Waals surface area contributed by atoms with Crippen LogP contribution >= 0.6 is 0 Å². The number of sulfonamides is 1. The highest BCUT2D eigenvalue weighted by molar-refractivity contribution is 7.89. The van der Waals surface area contributed by atoms with Crippen molar-refractivity contribution in [1.82, 2.24) is 4.90 Å². The average Bonchev–Trinajstić information content (AvgIpc) is 2.53. The number of halogens is 1. The second-order valence-corrected chi connectivity index (χ2v) is 6.76. The Balaban J connectivity index is 2.19. The van der Waals surface area contributed by atoms with E-state index in [2.05, 4.69) is 0 Å². The highest BCUT2D eigenvalue weighted by Crippen LogP contribution is 2.19. The molecule has 0 unspecified atom stereocenters. The third-order valence-corrected chi connectivity index (χ3v) is 4.30. The van der Waals surface area contributed by atoms with Crippen LogP contribution in [0.3, 0.4) is 0 Å². The number of hydrogen-bond acceptors (Lipinski definition) is 4. The highest BCUT2D eigenvalue weighted by atomic mass is 32.2. The van der Waals surface area contributed by atoms with Crippen LogP contribution in [0.15, 0.2) is 47.4 Å². The largest absolute Gasteiger partial charge is 0.494 e. The molecule has 0 saturated heterocycles. The summed E-state index contributed by atoms with van der Waals surface area (Å²) in [6.45, 7) is 0.152. The lowest BCUT2D eigenvalue weighted by molar-refractivity contribution is 0.0784. The Hall–Kier alpha value is -2.45.